The molecule has 6 nitrogen and oxygen atoms in total. The molecule has 0 aliphatic carbocycles. The van der Waals surface area contributed by atoms with Gasteiger partial charge in [-0.15, -0.1) is 0 Å². The van der Waals surface area contributed by atoms with E-state index in [2.05, 4.69) is 35.4 Å². The minimum absolute atomic E-state index is 0.0537. The number of hydrogen-bond donors (Lipinski definition) is 2. The van der Waals surface area contributed by atoms with Crippen molar-refractivity contribution in [1.82, 2.24) is 10.6 Å². The molecule has 2 aliphatic heterocycles. The first-order chi connectivity index (χ1) is 18.2. The number of nitrogens with zero attached hydrogens (tertiary/aromatic N) is 2. The van der Waals surface area contributed by atoms with E-state index in [0.29, 0.717) is 30.8 Å². The van der Waals surface area contributed by atoms with Gasteiger partial charge in [0.05, 0.1) is 5.69 Å². The minimum Gasteiger partial charge on any atom is -0.366 e. The topological polar surface area (TPSA) is 64.7 Å². The van der Waals surface area contributed by atoms with E-state index in [1.807, 2.05) is 49.4 Å². The van der Waals surface area contributed by atoms with Gasteiger partial charge in [-0.05, 0) is 79.3 Å². The number of carbonyl (C=O) groups is 2. The Labute approximate surface area is 223 Å². The maximum atomic E-state index is 15.1. The molecule has 1 fully saturated rings. The summed E-state index contributed by atoms with van der Waals surface area (Å²) in [6.45, 7) is 10.3. The molecule has 2 amide bonds. The Morgan fingerprint density at radius 3 is 2.37 bits per heavy atom. The third-order valence-corrected chi connectivity index (χ3v) is 7.46. The van der Waals surface area contributed by atoms with Gasteiger partial charge in [-0.2, -0.15) is 0 Å². The summed E-state index contributed by atoms with van der Waals surface area (Å²) in [4.78, 5) is 28.6. The number of anilines is 2. The lowest BCUT2D eigenvalue weighted by Crippen LogP contribution is -2.54. The van der Waals surface area contributed by atoms with Crippen LogP contribution in [0.3, 0.4) is 0 Å². The van der Waals surface area contributed by atoms with Crippen LogP contribution in [-0.2, 0) is 17.8 Å². The van der Waals surface area contributed by atoms with Crippen LogP contribution in [0.25, 0.3) is 11.1 Å². The number of nitrogens with one attached hydrogen (secondary N) is 2. The number of aryl methyl sites for hydroxylation is 1. The van der Waals surface area contributed by atoms with Crippen LogP contribution >= 0.6 is 0 Å². The van der Waals surface area contributed by atoms with Crippen molar-refractivity contribution in [2.45, 2.75) is 52.7 Å². The third-order valence-electron chi connectivity index (χ3n) is 7.46. The van der Waals surface area contributed by atoms with Crippen LogP contribution < -0.4 is 20.4 Å². The SMILES string of the molecule is CC(=O)NCc1ccc(-c2ccc(C(=O)N3CCc4cc(F)c(N5C[C@@H](C)N[C@@H](C)C5)cc43)cc2)c(C)c1. The summed E-state index contributed by atoms with van der Waals surface area (Å²) in [7, 11) is 0. The van der Waals surface area contributed by atoms with Crippen LogP contribution in [0, 0.1) is 12.7 Å². The number of halogens is 1. The van der Waals surface area contributed by atoms with Gasteiger partial charge < -0.3 is 20.4 Å². The Bertz CT molecular complexity index is 1360. The minimum atomic E-state index is -0.220. The molecule has 2 heterocycles. The second kappa shape index (κ2) is 10.6. The van der Waals surface area contributed by atoms with Gasteiger partial charge in [0, 0.05) is 56.4 Å². The largest absolute Gasteiger partial charge is 0.366 e. The van der Waals surface area contributed by atoms with Gasteiger partial charge in [0.2, 0.25) is 5.91 Å². The zero-order chi connectivity index (χ0) is 27.0. The zero-order valence-electron chi connectivity index (χ0n) is 22.5. The molecule has 0 unspecified atom stereocenters. The van der Waals surface area contributed by atoms with E-state index in [1.54, 1.807) is 11.0 Å². The van der Waals surface area contributed by atoms with Crippen LogP contribution in [-0.4, -0.2) is 43.5 Å². The summed E-state index contributed by atoms with van der Waals surface area (Å²) >= 11 is 0. The van der Waals surface area contributed by atoms with Crippen molar-refractivity contribution in [3.05, 3.63) is 82.7 Å². The predicted octanol–water partition coefficient (Wildman–Crippen LogP) is 4.83. The van der Waals surface area contributed by atoms with Gasteiger partial charge in [0.1, 0.15) is 5.82 Å². The van der Waals surface area contributed by atoms with E-state index in [1.165, 1.54) is 6.92 Å². The van der Waals surface area contributed by atoms with Crippen molar-refractivity contribution in [1.29, 1.82) is 0 Å². The summed E-state index contributed by atoms with van der Waals surface area (Å²) < 4.78 is 15.1. The molecule has 2 N–H and O–H groups in total. The van der Waals surface area contributed by atoms with Gasteiger partial charge in [0.15, 0.2) is 0 Å². The number of hydrogen-bond acceptors (Lipinski definition) is 4. The fourth-order valence-corrected chi connectivity index (χ4v) is 5.71. The second-order valence-electron chi connectivity index (χ2n) is 10.6. The molecule has 38 heavy (non-hydrogen) atoms. The monoisotopic (exact) mass is 514 g/mol. The fraction of sp³-hybridized carbons (Fsp3) is 0.355. The van der Waals surface area contributed by atoms with E-state index >= 15 is 4.39 Å². The fourth-order valence-electron chi connectivity index (χ4n) is 5.71. The van der Waals surface area contributed by atoms with Crippen LogP contribution in [0.15, 0.2) is 54.6 Å². The summed E-state index contributed by atoms with van der Waals surface area (Å²) in [5.74, 6) is -0.346. The molecule has 0 spiro atoms. The van der Waals surface area contributed by atoms with Crippen LogP contribution in [0.2, 0.25) is 0 Å². The highest BCUT2D eigenvalue weighted by atomic mass is 19.1. The standard InChI is InChI=1S/C31H35FN4O2/c1-19-13-23(16-33-22(4)37)5-10-27(19)24-6-8-25(9-7-24)31(38)36-12-11-26-14-28(32)30(15-29(26)36)35-17-20(2)34-21(3)18-35/h5-10,13-15,20-21,34H,11-12,16-18H2,1-4H3,(H,33,37)/t20-,21+. The number of piperazine rings is 1. The van der Waals surface area contributed by atoms with Gasteiger partial charge in [-0.3, -0.25) is 9.59 Å². The Morgan fingerprint density at radius 2 is 1.71 bits per heavy atom. The number of fused-ring (bicyclic) bond motifs is 1. The van der Waals surface area contributed by atoms with Gasteiger partial charge in [0.25, 0.3) is 5.91 Å². The lowest BCUT2D eigenvalue weighted by Gasteiger charge is -2.38. The molecule has 0 aromatic heterocycles. The summed E-state index contributed by atoms with van der Waals surface area (Å²) in [6.07, 6.45) is 0.648. The molecular formula is C31H35FN4O2. The van der Waals surface area contributed by atoms with E-state index in [0.717, 1.165) is 46.6 Å². The average Bonchev–Trinajstić information content (AvgIpc) is 3.28. The van der Waals surface area contributed by atoms with Gasteiger partial charge >= 0.3 is 0 Å². The highest BCUT2D eigenvalue weighted by molar-refractivity contribution is 6.07. The molecule has 198 valence electrons. The molecule has 0 saturated carbocycles. The maximum absolute atomic E-state index is 15.1. The lowest BCUT2D eigenvalue weighted by molar-refractivity contribution is -0.119. The first-order valence-corrected chi connectivity index (χ1v) is 13.3. The Balaban J connectivity index is 1.35. The number of rotatable bonds is 5. The van der Waals surface area contributed by atoms with Crippen molar-refractivity contribution >= 4 is 23.2 Å². The van der Waals surface area contributed by atoms with E-state index in [4.69, 9.17) is 0 Å². The highest BCUT2D eigenvalue weighted by Crippen LogP contribution is 2.36. The van der Waals surface area contributed by atoms with E-state index in [-0.39, 0.29) is 29.7 Å². The summed E-state index contributed by atoms with van der Waals surface area (Å²) in [5, 5.41) is 6.31. The quantitative estimate of drug-likeness (QED) is 0.512. The number of carbonyl (C=O) groups excluding carboxylic acids is 2. The zero-order valence-corrected chi connectivity index (χ0v) is 22.5. The molecule has 0 bridgehead atoms. The molecular weight excluding hydrogens is 479 g/mol. The van der Waals surface area contributed by atoms with Crippen molar-refractivity contribution in [2.75, 3.05) is 29.4 Å². The number of amides is 2. The average molecular weight is 515 g/mol. The predicted molar refractivity (Wildman–Crippen MR) is 150 cm³/mol. The molecule has 1 saturated heterocycles. The lowest BCUT2D eigenvalue weighted by atomic mass is 9.97. The maximum Gasteiger partial charge on any atom is 0.258 e. The van der Waals surface area contributed by atoms with Crippen LogP contribution in [0.5, 0.6) is 0 Å². The Kier molecular flexibility index (Phi) is 7.21. The first kappa shape index (κ1) is 25.9. The Hall–Kier alpha value is -3.71. The van der Waals surface area contributed by atoms with Crippen molar-refractivity contribution in [3.8, 4) is 11.1 Å². The smallest absolute Gasteiger partial charge is 0.258 e. The number of benzene rings is 3. The van der Waals surface area contributed by atoms with Gasteiger partial charge in [-0.1, -0.05) is 30.3 Å². The molecule has 2 atom stereocenters. The summed E-state index contributed by atoms with van der Waals surface area (Å²) in [5.41, 5.74) is 7.11. The Morgan fingerprint density at radius 1 is 1.00 bits per heavy atom. The molecule has 3 aromatic rings. The van der Waals surface area contributed by atoms with E-state index < -0.39 is 0 Å². The summed E-state index contributed by atoms with van der Waals surface area (Å²) in [6, 6.07) is 17.8. The molecule has 2 aliphatic rings. The van der Waals surface area contributed by atoms with E-state index in [9.17, 15) is 9.59 Å². The van der Waals surface area contributed by atoms with Crippen molar-refractivity contribution < 1.29 is 14.0 Å². The third kappa shape index (κ3) is 5.29. The molecule has 3 aromatic carbocycles. The van der Waals surface area contributed by atoms with Crippen molar-refractivity contribution in [3.63, 3.8) is 0 Å². The molecule has 7 heteroatoms. The highest BCUT2D eigenvalue weighted by Gasteiger charge is 2.30. The van der Waals surface area contributed by atoms with Gasteiger partial charge in [-0.25, -0.2) is 4.39 Å². The van der Waals surface area contributed by atoms with Crippen LogP contribution in [0.1, 0.15) is 47.8 Å². The van der Waals surface area contributed by atoms with Crippen molar-refractivity contribution in [2.24, 2.45) is 0 Å². The second-order valence-corrected chi connectivity index (χ2v) is 10.6. The normalized spacial score (nSPS) is 18.9. The first-order valence-electron chi connectivity index (χ1n) is 13.3. The van der Waals surface area contributed by atoms with Crippen LogP contribution in [0.4, 0.5) is 15.8 Å². The molecule has 5 rings (SSSR count). The molecule has 0 radical (unpaired) electrons.